The molecule has 1 aliphatic heterocycles. The number of H-pyrrole nitrogens is 1. The van der Waals surface area contributed by atoms with E-state index in [9.17, 15) is 31.2 Å². The summed E-state index contributed by atoms with van der Waals surface area (Å²) in [6.45, 7) is 0.584. The summed E-state index contributed by atoms with van der Waals surface area (Å²) in [6.07, 6.45) is -5.09. The highest BCUT2D eigenvalue weighted by Gasteiger charge is 2.38. The summed E-state index contributed by atoms with van der Waals surface area (Å²) in [4.78, 5) is 25.6. The van der Waals surface area contributed by atoms with Crippen LogP contribution in [0.4, 0.5) is 13.2 Å². The molecule has 2 heterocycles. The van der Waals surface area contributed by atoms with Crippen molar-refractivity contribution in [1.82, 2.24) is 15.2 Å². The standard InChI is InChI=1S/C25H24Cl2F3N3O6S2/c26-19-7-6-16(12-20(19)27)38-15-8-10-33(11-9-15)14-17(39-41(36,37)18-4-2-1-3-5-18)13-31-23(34)21-22(25(28,29)30)32-24(35)40-21/h1-7,12,15,17H,8-11,13-14H2,(H,31,34)(H,32,35)/t17-/m1/s1. The van der Waals surface area contributed by atoms with E-state index < -0.39 is 50.3 Å². The molecule has 1 saturated heterocycles. The van der Waals surface area contributed by atoms with Gasteiger partial charge in [0.2, 0.25) is 0 Å². The predicted molar refractivity (Wildman–Crippen MR) is 147 cm³/mol. The molecule has 2 aromatic carbocycles. The Kier molecular flexibility index (Phi) is 10.0. The van der Waals surface area contributed by atoms with E-state index in [4.69, 9.17) is 32.1 Å². The summed E-state index contributed by atoms with van der Waals surface area (Å²) >= 11 is 12.1. The Morgan fingerprint density at radius 1 is 1.12 bits per heavy atom. The molecule has 41 heavy (non-hydrogen) atoms. The van der Waals surface area contributed by atoms with Gasteiger partial charge in [-0.1, -0.05) is 52.7 Å². The van der Waals surface area contributed by atoms with Gasteiger partial charge < -0.3 is 19.9 Å². The molecule has 0 aliphatic carbocycles. The number of aromatic amines is 1. The van der Waals surface area contributed by atoms with Crippen molar-refractivity contribution in [3.05, 3.63) is 78.8 Å². The van der Waals surface area contributed by atoms with Crippen LogP contribution in [0.5, 0.6) is 5.75 Å². The molecule has 0 spiro atoms. The van der Waals surface area contributed by atoms with Gasteiger partial charge in [-0.15, -0.1) is 0 Å². The van der Waals surface area contributed by atoms with Crippen LogP contribution in [-0.4, -0.2) is 62.6 Å². The van der Waals surface area contributed by atoms with Crippen molar-refractivity contribution in [2.45, 2.75) is 36.1 Å². The summed E-state index contributed by atoms with van der Waals surface area (Å²) in [5, 5.41) is 3.05. The Morgan fingerprint density at radius 2 is 1.80 bits per heavy atom. The molecule has 0 bridgehead atoms. The van der Waals surface area contributed by atoms with Crippen LogP contribution in [0.2, 0.25) is 10.0 Å². The summed E-state index contributed by atoms with van der Waals surface area (Å²) in [5.41, 5.74) is -1.47. The SMILES string of the molecule is O=C(NC[C@H](CN1CCC(Oc2ccc(Cl)c(Cl)c2)CC1)OS(=O)(=O)c1ccccc1)c1sc(=O)[nH]c1C(F)(F)F. The highest BCUT2D eigenvalue weighted by atomic mass is 35.5. The first-order chi connectivity index (χ1) is 19.3. The summed E-state index contributed by atoms with van der Waals surface area (Å²) in [5.74, 6) is -0.624. The number of halogens is 5. The number of amides is 1. The fraction of sp³-hybridized carbons (Fsp3) is 0.360. The quantitative estimate of drug-likeness (QED) is 0.302. The van der Waals surface area contributed by atoms with E-state index in [0.717, 1.165) is 0 Å². The van der Waals surface area contributed by atoms with Crippen LogP contribution in [0.1, 0.15) is 28.2 Å². The summed E-state index contributed by atoms with van der Waals surface area (Å²) in [7, 11) is -4.27. The van der Waals surface area contributed by atoms with E-state index in [2.05, 4.69) is 5.32 Å². The number of hydrogen-bond donors (Lipinski definition) is 2. The smallest absolute Gasteiger partial charge is 0.432 e. The second-order valence-corrected chi connectivity index (χ2v) is 12.5. The number of rotatable bonds is 10. The molecule has 3 aromatic rings. The number of alkyl halides is 3. The Hall–Kier alpha value is -2.62. The number of carbonyl (C=O) groups excluding carboxylic acids is 1. The second-order valence-electron chi connectivity index (χ2n) is 9.11. The van der Waals surface area contributed by atoms with Crippen LogP contribution in [-0.2, 0) is 20.5 Å². The molecular formula is C25H24Cl2F3N3O6S2. The molecule has 16 heteroatoms. The third-order valence-corrected chi connectivity index (χ3v) is 9.11. The minimum absolute atomic E-state index is 0.0430. The molecule has 1 aliphatic rings. The van der Waals surface area contributed by atoms with Crippen LogP contribution >= 0.6 is 34.5 Å². The summed E-state index contributed by atoms with van der Waals surface area (Å²) in [6, 6.07) is 12.3. The zero-order valence-corrected chi connectivity index (χ0v) is 24.3. The summed E-state index contributed by atoms with van der Waals surface area (Å²) < 4.78 is 77.0. The molecule has 1 atom stereocenters. The lowest BCUT2D eigenvalue weighted by atomic mass is 10.1. The van der Waals surface area contributed by atoms with Crippen molar-refractivity contribution in [2.75, 3.05) is 26.2 Å². The Morgan fingerprint density at radius 3 is 2.44 bits per heavy atom. The van der Waals surface area contributed by atoms with Gasteiger partial charge in [0.25, 0.3) is 16.0 Å². The minimum Gasteiger partial charge on any atom is -0.490 e. The van der Waals surface area contributed by atoms with E-state index >= 15 is 0 Å². The van der Waals surface area contributed by atoms with Crippen molar-refractivity contribution >= 4 is 50.6 Å². The first-order valence-corrected chi connectivity index (χ1v) is 15.2. The van der Waals surface area contributed by atoms with Crippen LogP contribution in [0.3, 0.4) is 0 Å². The first kappa shape index (κ1) is 31.3. The van der Waals surface area contributed by atoms with E-state index in [1.54, 1.807) is 29.2 Å². The lowest BCUT2D eigenvalue weighted by Crippen LogP contribution is -2.46. The number of aromatic nitrogens is 1. The molecule has 0 radical (unpaired) electrons. The molecule has 9 nitrogen and oxygen atoms in total. The number of nitrogens with zero attached hydrogens (tertiary/aromatic N) is 1. The number of carbonyl (C=O) groups is 1. The Bertz CT molecular complexity index is 1530. The van der Waals surface area contributed by atoms with Gasteiger partial charge in [0.1, 0.15) is 28.5 Å². The van der Waals surface area contributed by atoms with E-state index in [1.807, 2.05) is 4.90 Å². The Labute approximate surface area is 247 Å². The minimum atomic E-state index is -4.96. The number of nitrogens with one attached hydrogen (secondary N) is 2. The molecule has 4 rings (SSSR count). The number of hydrogen-bond acceptors (Lipinski definition) is 8. The zero-order valence-electron chi connectivity index (χ0n) is 21.1. The third kappa shape index (κ3) is 8.46. The van der Waals surface area contributed by atoms with Gasteiger partial charge in [-0.05, 0) is 37.1 Å². The molecular weight excluding hydrogens is 630 g/mol. The lowest BCUT2D eigenvalue weighted by molar-refractivity contribution is -0.141. The largest absolute Gasteiger partial charge is 0.490 e. The van der Waals surface area contributed by atoms with Crippen molar-refractivity contribution in [1.29, 1.82) is 0 Å². The molecule has 1 aromatic heterocycles. The van der Waals surface area contributed by atoms with Gasteiger partial charge in [-0.25, -0.2) is 0 Å². The third-order valence-electron chi connectivity index (χ3n) is 6.11. The first-order valence-electron chi connectivity index (χ1n) is 12.2. The van der Waals surface area contributed by atoms with Crippen molar-refractivity contribution in [3.8, 4) is 5.75 Å². The molecule has 2 N–H and O–H groups in total. The maximum Gasteiger partial charge on any atom is 0.432 e. The van der Waals surface area contributed by atoms with Gasteiger partial charge in [0.05, 0.1) is 14.9 Å². The highest BCUT2D eigenvalue weighted by molar-refractivity contribution is 7.86. The monoisotopic (exact) mass is 653 g/mol. The zero-order chi connectivity index (χ0) is 29.8. The fourth-order valence-corrected chi connectivity index (χ4v) is 6.31. The van der Waals surface area contributed by atoms with Gasteiger partial charge in [0.15, 0.2) is 0 Å². The second kappa shape index (κ2) is 13.1. The maximum absolute atomic E-state index is 13.3. The van der Waals surface area contributed by atoms with Crippen LogP contribution in [0, 0.1) is 0 Å². The Balaban J connectivity index is 1.43. The van der Waals surface area contributed by atoms with E-state index in [1.165, 1.54) is 24.3 Å². The topological polar surface area (TPSA) is 118 Å². The van der Waals surface area contributed by atoms with E-state index in [-0.39, 0.29) is 28.9 Å². The number of ether oxygens (including phenoxy) is 1. The number of thiazole rings is 1. The van der Waals surface area contributed by atoms with E-state index in [0.29, 0.717) is 41.7 Å². The predicted octanol–water partition coefficient (Wildman–Crippen LogP) is 4.81. The van der Waals surface area contributed by atoms with Gasteiger partial charge in [-0.2, -0.15) is 21.6 Å². The number of likely N-dealkylation sites (tertiary alicyclic amines) is 1. The molecule has 1 fully saturated rings. The average Bonchev–Trinajstić information content (AvgIpc) is 3.33. The van der Waals surface area contributed by atoms with Crippen molar-refractivity contribution < 1.29 is 35.3 Å². The molecule has 1 amide bonds. The number of benzene rings is 2. The van der Waals surface area contributed by atoms with Gasteiger partial charge >= 0.3 is 11.0 Å². The molecule has 0 unspecified atom stereocenters. The lowest BCUT2D eigenvalue weighted by Gasteiger charge is -2.34. The maximum atomic E-state index is 13.3. The van der Waals surface area contributed by atoms with Crippen molar-refractivity contribution in [2.24, 2.45) is 0 Å². The van der Waals surface area contributed by atoms with Crippen LogP contribution < -0.4 is 14.9 Å². The van der Waals surface area contributed by atoms with Crippen LogP contribution in [0.25, 0.3) is 0 Å². The van der Waals surface area contributed by atoms with Gasteiger partial charge in [-0.3, -0.25) is 13.8 Å². The van der Waals surface area contributed by atoms with Crippen molar-refractivity contribution in [3.63, 3.8) is 0 Å². The molecule has 222 valence electrons. The van der Waals surface area contributed by atoms with Gasteiger partial charge in [0, 0.05) is 32.2 Å². The average molecular weight is 655 g/mol. The van der Waals surface area contributed by atoms with Crippen LogP contribution in [0.15, 0.2) is 58.2 Å². The normalized spacial score (nSPS) is 15.9. The molecule has 0 saturated carbocycles. The number of piperidine rings is 1. The fourth-order valence-electron chi connectivity index (χ4n) is 4.17. The highest BCUT2D eigenvalue weighted by Crippen LogP contribution is 2.31.